The summed E-state index contributed by atoms with van der Waals surface area (Å²) in [7, 11) is 3.27. The number of hydrogen-bond acceptors (Lipinski definition) is 3. The average molecular weight is 444 g/mol. The minimum absolute atomic E-state index is 0.136. The van der Waals surface area contributed by atoms with Crippen LogP contribution in [0.4, 0.5) is 8.78 Å². The molecular formula is C25H18F2N4O2. The van der Waals surface area contributed by atoms with Gasteiger partial charge in [-0.2, -0.15) is 0 Å². The molecule has 5 aromatic rings. The van der Waals surface area contributed by atoms with Crippen LogP contribution in [0.15, 0.2) is 76.8 Å². The largest absolute Gasteiger partial charge is 0.350 e. The highest BCUT2D eigenvalue weighted by Gasteiger charge is 2.19. The van der Waals surface area contributed by atoms with Crippen molar-refractivity contribution >= 4 is 10.9 Å². The van der Waals surface area contributed by atoms with Crippen LogP contribution < -0.4 is 11.1 Å². The summed E-state index contributed by atoms with van der Waals surface area (Å²) in [5.74, 6) is -1.44. The van der Waals surface area contributed by atoms with Gasteiger partial charge in [-0.1, -0.05) is 6.07 Å². The molecule has 164 valence electrons. The Morgan fingerprint density at radius 2 is 1.67 bits per heavy atom. The number of nitrogens with one attached hydrogen (secondary N) is 1. The van der Waals surface area contributed by atoms with Crippen molar-refractivity contribution in [2.45, 2.75) is 0 Å². The lowest BCUT2D eigenvalue weighted by Crippen LogP contribution is -2.18. The molecule has 1 aromatic carbocycles. The fourth-order valence-corrected chi connectivity index (χ4v) is 4.01. The molecule has 0 amide bonds. The first-order valence-electron chi connectivity index (χ1n) is 10.1. The van der Waals surface area contributed by atoms with Crippen molar-refractivity contribution in [3.63, 3.8) is 0 Å². The van der Waals surface area contributed by atoms with E-state index in [1.54, 1.807) is 51.0 Å². The predicted molar refractivity (Wildman–Crippen MR) is 123 cm³/mol. The van der Waals surface area contributed by atoms with E-state index >= 15 is 0 Å². The number of hydrogen-bond donors (Lipinski definition) is 1. The minimum atomic E-state index is -0.746. The lowest BCUT2D eigenvalue weighted by Gasteiger charge is -2.13. The van der Waals surface area contributed by atoms with E-state index < -0.39 is 11.6 Å². The highest BCUT2D eigenvalue weighted by Crippen LogP contribution is 2.36. The Balaban J connectivity index is 1.84. The van der Waals surface area contributed by atoms with E-state index in [4.69, 9.17) is 0 Å². The molecule has 0 spiro atoms. The summed E-state index contributed by atoms with van der Waals surface area (Å²) in [6, 6.07) is 10.1. The van der Waals surface area contributed by atoms with Crippen molar-refractivity contribution in [3.05, 3.63) is 99.6 Å². The molecule has 0 fully saturated rings. The SMILES string of the molecule is Cn1cc(-c2cccnc2)c(-c2cn(C)c(=O)c3[nH]c(-c4ccc(F)cc4F)cc23)cc1=O. The van der Waals surface area contributed by atoms with Gasteiger partial charge in [0.25, 0.3) is 11.1 Å². The van der Waals surface area contributed by atoms with Gasteiger partial charge in [0.2, 0.25) is 0 Å². The third-order valence-corrected chi connectivity index (χ3v) is 5.68. The number of rotatable bonds is 3. The molecule has 0 aliphatic rings. The summed E-state index contributed by atoms with van der Waals surface area (Å²) in [5, 5.41) is 0.523. The second kappa shape index (κ2) is 7.67. The van der Waals surface area contributed by atoms with Crippen molar-refractivity contribution in [3.8, 4) is 33.5 Å². The number of nitrogens with zero attached hydrogens (tertiary/aromatic N) is 3. The normalized spacial score (nSPS) is 11.3. The van der Waals surface area contributed by atoms with Gasteiger partial charge in [-0.25, -0.2) is 8.78 Å². The van der Waals surface area contributed by atoms with E-state index in [-0.39, 0.29) is 22.2 Å². The van der Waals surface area contributed by atoms with Gasteiger partial charge in [-0.3, -0.25) is 14.6 Å². The van der Waals surface area contributed by atoms with Crippen molar-refractivity contribution in [1.82, 2.24) is 19.1 Å². The minimum Gasteiger partial charge on any atom is -0.350 e. The molecule has 6 nitrogen and oxygen atoms in total. The molecule has 0 bridgehead atoms. The molecule has 1 N–H and O–H groups in total. The van der Waals surface area contributed by atoms with Gasteiger partial charge >= 0.3 is 0 Å². The van der Waals surface area contributed by atoms with Crippen LogP contribution in [0.2, 0.25) is 0 Å². The van der Waals surface area contributed by atoms with E-state index in [9.17, 15) is 18.4 Å². The predicted octanol–water partition coefficient (Wildman–Crippen LogP) is 4.24. The molecule has 4 aromatic heterocycles. The number of benzene rings is 1. The molecule has 5 rings (SSSR count). The number of H-pyrrole nitrogens is 1. The Labute approximate surface area is 186 Å². The average Bonchev–Trinajstić information content (AvgIpc) is 3.24. The van der Waals surface area contributed by atoms with Gasteiger partial charge in [0.1, 0.15) is 17.2 Å². The fourth-order valence-electron chi connectivity index (χ4n) is 4.01. The molecule has 0 aliphatic heterocycles. The van der Waals surface area contributed by atoms with Gasteiger partial charge in [0.15, 0.2) is 0 Å². The highest BCUT2D eigenvalue weighted by molar-refractivity contribution is 6.00. The van der Waals surface area contributed by atoms with E-state index in [1.807, 2.05) is 6.07 Å². The number of aryl methyl sites for hydroxylation is 2. The third kappa shape index (κ3) is 3.45. The molecule has 0 unspecified atom stereocenters. The van der Waals surface area contributed by atoms with Gasteiger partial charge < -0.3 is 14.1 Å². The molecule has 0 saturated heterocycles. The lowest BCUT2D eigenvalue weighted by atomic mass is 9.96. The summed E-state index contributed by atoms with van der Waals surface area (Å²) < 4.78 is 30.7. The molecule has 0 radical (unpaired) electrons. The van der Waals surface area contributed by atoms with E-state index in [1.165, 1.54) is 21.3 Å². The van der Waals surface area contributed by atoms with Crippen molar-refractivity contribution < 1.29 is 8.78 Å². The first kappa shape index (κ1) is 20.6. The molecule has 0 atom stereocenters. The number of aromatic nitrogens is 4. The Hall–Kier alpha value is -4.33. The molecule has 33 heavy (non-hydrogen) atoms. The van der Waals surface area contributed by atoms with Crippen LogP contribution in [-0.4, -0.2) is 19.1 Å². The van der Waals surface area contributed by atoms with Crippen LogP contribution in [0.1, 0.15) is 0 Å². The third-order valence-electron chi connectivity index (χ3n) is 5.68. The number of fused-ring (bicyclic) bond motifs is 1. The Morgan fingerprint density at radius 3 is 2.39 bits per heavy atom. The first-order valence-corrected chi connectivity index (χ1v) is 10.1. The molecular weight excluding hydrogens is 426 g/mol. The fraction of sp³-hybridized carbons (Fsp3) is 0.0800. The van der Waals surface area contributed by atoms with Crippen LogP contribution in [-0.2, 0) is 14.1 Å². The Morgan fingerprint density at radius 1 is 0.879 bits per heavy atom. The number of halogens is 2. The maximum atomic E-state index is 14.5. The standard InChI is InChI=1S/C25H18F2N4O2/c1-30-12-19(14-4-3-7-28-11-14)17(10-23(30)32)20-13-31(2)25(33)24-18(20)9-22(29-24)16-6-5-15(26)8-21(16)27/h3-13,29H,1-2H3. The molecule has 4 heterocycles. The quantitative estimate of drug-likeness (QED) is 0.453. The van der Waals surface area contributed by atoms with Crippen LogP contribution in [0.25, 0.3) is 44.4 Å². The van der Waals surface area contributed by atoms with Crippen LogP contribution >= 0.6 is 0 Å². The topological polar surface area (TPSA) is 72.7 Å². The Kier molecular flexibility index (Phi) is 4.78. The van der Waals surface area contributed by atoms with Gasteiger partial charge in [-0.15, -0.1) is 0 Å². The lowest BCUT2D eigenvalue weighted by molar-refractivity contribution is 0.585. The zero-order valence-corrected chi connectivity index (χ0v) is 17.8. The maximum absolute atomic E-state index is 14.5. The first-order chi connectivity index (χ1) is 15.8. The van der Waals surface area contributed by atoms with Crippen LogP contribution in [0.3, 0.4) is 0 Å². The molecule has 0 aliphatic carbocycles. The smallest absolute Gasteiger partial charge is 0.274 e. The zero-order valence-electron chi connectivity index (χ0n) is 17.8. The summed E-state index contributed by atoms with van der Waals surface area (Å²) in [5.41, 5.74) is 2.97. The second-order valence-corrected chi connectivity index (χ2v) is 7.85. The van der Waals surface area contributed by atoms with E-state index in [0.717, 1.165) is 23.3 Å². The summed E-state index contributed by atoms with van der Waals surface area (Å²) >= 11 is 0. The van der Waals surface area contributed by atoms with Gasteiger partial charge in [-0.05, 0) is 29.8 Å². The van der Waals surface area contributed by atoms with Crippen molar-refractivity contribution in [1.29, 1.82) is 0 Å². The van der Waals surface area contributed by atoms with Gasteiger partial charge in [0.05, 0.1) is 0 Å². The number of pyridine rings is 3. The summed E-state index contributed by atoms with van der Waals surface area (Å²) in [4.78, 5) is 32.6. The second-order valence-electron chi connectivity index (χ2n) is 7.85. The highest BCUT2D eigenvalue weighted by atomic mass is 19.1. The maximum Gasteiger partial charge on any atom is 0.274 e. The van der Waals surface area contributed by atoms with Gasteiger partial charge in [0, 0.05) is 84.3 Å². The van der Waals surface area contributed by atoms with Crippen molar-refractivity contribution in [2.75, 3.05) is 0 Å². The zero-order chi connectivity index (χ0) is 23.3. The van der Waals surface area contributed by atoms with E-state index in [2.05, 4.69) is 9.97 Å². The van der Waals surface area contributed by atoms with Crippen LogP contribution in [0.5, 0.6) is 0 Å². The van der Waals surface area contributed by atoms with Crippen LogP contribution in [0, 0.1) is 11.6 Å². The molecule has 8 heteroatoms. The number of aromatic amines is 1. The molecule has 0 saturated carbocycles. The van der Waals surface area contributed by atoms with E-state index in [0.29, 0.717) is 22.2 Å². The summed E-state index contributed by atoms with van der Waals surface area (Å²) in [6.45, 7) is 0. The monoisotopic (exact) mass is 444 g/mol. The Bertz CT molecular complexity index is 1650. The van der Waals surface area contributed by atoms with Crippen molar-refractivity contribution in [2.24, 2.45) is 14.1 Å². The summed E-state index contributed by atoms with van der Waals surface area (Å²) in [6.07, 6.45) is 6.72.